The second-order valence-corrected chi connectivity index (χ2v) is 5.03. The first-order valence-electron chi connectivity index (χ1n) is 6.93. The standard InChI is InChI=1S/C16H20F2O/c1-2-19-15-9-7-14(8-10-15)13-5-3-12(4-6-13)11-16(17)18/h3-6,11,14-15H,2,7-10H2,1H3. The van der Waals surface area contributed by atoms with Gasteiger partial charge in [0.2, 0.25) is 0 Å². The van der Waals surface area contributed by atoms with Crippen LogP contribution in [0.15, 0.2) is 30.3 Å². The molecule has 1 saturated carbocycles. The molecule has 0 spiro atoms. The zero-order valence-corrected chi connectivity index (χ0v) is 11.2. The Labute approximate surface area is 113 Å². The Hall–Kier alpha value is -1.22. The van der Waals surface area contributed by atoms with Crippen LogP contribution in [0.5, 0.6) is 0 Å². The molecular weight excluding hydrogens is 246 g/mol. The van der Waals surface area contributed by atoms with E-state index < -0.39 is 6.08 Å². The van der Waals surface area contributed by atoms with E-state index in [1.807, 2.05) is 19.1 Å². The molecule has 104 valence electrons. The molecule has 0 saturated heterocycles. The van der Waals surface area contributed by atoms with E-state index in [0.29, 0.717) is 17.6 Å². The summed E-state index contributed by atoms with van der Waals surface area (Å²) in [5, 5.41) is 0. The summed E-state index contributed by atoms with van der Waals surface area (Å²) in [6, 6.07) is 7.48. The van der Waals surface area contributed by atoms with Gasteiger partial charge in [0.25, 0.3) is 6.08 Å². The molecule has 3 heteroatoms. The molecule has 0 aliphatic heterocycles. The third-order valence-electron chi connectivity index (χ3n) is 3.76. The van der Waals surface area contributed by atoms with Crippen molar-refractivity contribution < 1.29 is 13.5 Å². The van der Waals surface area contributed by atoms with Gasteiger partial charge in [0.15, 0.2) is 0 Å². The Bertz CT molecular complexity index is 413. The lowest BCUT2D eigenvalue weighted by molar-refractivity contribution is 0.0328. The molecule has 0 N–H and O–H groups in total. The zero-order chi connectivity index (χ0) is 13.7. The summed E-state index contributed by atoms with van der Waals surface area (Å²) >= 11 is 0. The first kappa shape index (κ1) is 14.2. The molecule has 1 nitrogen and oxygen atoms in total. The summed E-state index contributed by atoms with van der Waals surface area (Å²) in [5.74, 6) is 0.546. The van der Waals surface area contributed by atoms with Crippen molar-refractivity contribution in [3.05, 3.63) is 41.5 Å². The number of rotatable bonds is 4. The smallest absolute Gasteiger partial charge is 0.270 e. The molecule has 0 radical (unpaired) electrons. The monoisotopic (exact) mass is 266 g/mol. The maximum atomic E-state index is 12.1. The summed E-state index contributed by atoms with van der Waals surface area (Å²) < 4.78 is 29.9. The van der Waals surface area contributed by atoms with Crippen LogP contribution in [-0.2, 0) is 4.74 Å². The third-order valence-corrected chi connectivity index (χ3v) is 3.76. The Morgan fingerprint density at radius 3 is 2.32 bits per heavy atom. The molecular formula is C16H20F2O. The van der Waals surface area contributed by atoms with Gasteiger partial charge in [-0.1, -0.05) is 24.3 Å². The van der Waals surface area contributed by atoms with Gasteiger partial charge in [0.05, 0.1) is 6.10 Å². The SMILES string of the molecule is CCOC1CCC(c2ccc(C=C(F)F)cc2)CC1. The summed E-state index contributed by atoms with van der Waals surface area (Å²) in [4.78, 5) is 0. The van der Waals surface area contributed by atoms with Crippen molar-refractivity contribution in [1.82, 2.24) is 0 Å². The zero-order valence-electron chi connectivity index (χ0n) is 11.2. The Kier molecular flexibility index (Phi) is 5.08. The molecule has 1 aliphatic rings. The fourth-order valence-electron chi connectivity index (χ4n) is 2.79. The highest BCUT2D eigenvalue weighted by molar-refractivity contribution is 5.50. The van der Waals surface area contributed by atoms with E-state index in [0.717, 1.165) is 38.4 Å². The maximum Gasteiger partial charge on any atom is 0.270 e. The Balaban J connectivity index is 1.94. The number of hydrogen-bond acceptors (Lipinski definition) is 1. The number of benzene rings is 1. The van der Waals surface area contributed by atoms with Crippen molar-refractivity contribution in [1.29, 1.82) is 0 Å². The van der Waals surface area contributed by atoms with Crippen LogP contribution in [0.3, 0.4) is 0 Å². The van der Waals surface area contributed by atoms with Crippen molar-refractivity contribution in [2.75, 3.05) is 6.61 Å². The van der Waals surface area contributed by atoms with E-state index >= 15 is 0 Å². The lowest BCUT2D eigenvalue weighted by atomic mass is 9.82. The van der Waals surface area contributed by atoms with Crippen LogP contribution in [0, 0.1) is 0 Å². The van der Waals surface area contributed by atoms with Gasteiger partial charge in [-0.15, -0.1) is 0 Å². The van der Waals surface area contributed by atoms with E-state index in [4.69, 9.17) is 4.74 Å². The van der Waals surface area contributed by atoms with Gasteiger partial charge in [0.1, 0.15) is 0 Å². The van der Waals surface area contributed by atoms with Crippen molar-refractivity contribution in [3.63, 3.8) is 0 Å². The average Bonchev–Trinajstić information content (AvgIpc) is 2.40. The molecule has 1 aromatic carbocycles. The van der Waals surface area contributed by atoms with Crippen LogP contribution in [0.25, 0.3) is 6.08 Å². The van der Waals surface area contributed by atoms with Crippen molar-refractivity contribution >= 4 is 6.08 Å². The summed E-state index contributed by atoms with van der Waals surface area (Å²) in [5.41, 5.74) is 1.82. The Morgan fingerprint density at radius 1 is 1.16 bits per heavy atom. The van der Waals surface area contributed by atoms with Crippen molar-refractivity contribution in [2.45, 2.75) is 44.6 Å². The molecule has 1 fully saturated rings. The van der Waals surface area contributed by atoms with Gasteiger partial charge >= 0.3 is 0 Å². The van der Waals surface area contributed by atoms with Crippen LogP contribution < -0.4 is 0 Å². The summed E-state index contributed by atoms with van der Waals surface area (Å²) in [7, 11) is 0. The average molecular weight is 266 g/mol. The minimum atomic E-state index is -1.65. The van der Waals surface area contributed by atoms with Gasteiger partial charge < -0.3 is 4.74 Å². The lowest BCUT2D eigenvalue weighted by Gasteiger charge is -2.28. The molecule has 0 bridgehead atoms. The van der Waals surface area contributed by atoms with E-state index in [1.165, 1.54) is 5.56 Å². The van der Waals surface area contributed by atoms with E-state index in [9.17, 15) is 8.78 Å². The molecule has 0 atom stereocenters. The molecule has 19 heavy (non-hydrogen) atoms. The molecule has 0 aromatic heterocycles. The molecule has 0 unspecified atom stereocenters. The van der Waals surface area contributed by atoms with Crippen LogP contribution in [0.4, 0.5) is 8.78 Å². The number of ether oxygens (including phenoxy) is 1. The topological polar surface area (TPSA) is 9.23 Å². The van der Waals surface area contributed by atoms with Crippen LogP contribution in [-0.4, -0.2) is 12.7 Å². The molecule has 2 rings (SSSR count). The van der Waals surface area contributed by atoms with Crippen LogP contribution in [0.2, 0.25) is 0 Å². The summed E-state index contributed by atoms with van der Waals surface area (Å²) in [6.45, 7) is 2.81. The second kappa shape index (κ2) is 6.80. The molecule has 1 aliphatic carbocycles. The van der Waals surface area contributed by atoms with Gasteiger partial charge in [-0.3, -0.25) is 0 Å². The predicted molar refractivity (Wildman–Crippen MR) is 73.3 cm³/mol. The molecule has 0 heterocycles. The number of halogens is 2. The fraction of sp³-hybridized carbons (Fsp3) is 0.500. The van der Waals surface area contributed by atoms with Gasteiger partial charge in [0, 0.05) is 12.7 Å². The first-order chi connectivity index (χ1) is 9.19. The maximum absolute atomic E-state index is 12.1. The van der Waals surface area contributed by atoms with Crippen LogP contribution >= 0.6 is 0 Å². The van der Waals surface area contributed by atoms with Gasteiger partial charge in [-0.2, -0.15) is 8.78 Å². The highest BCUT2D eigenvalue weighted by Gasteiger charge is 2.22. The predicted octanol–water partition coefficient (Wildman–Crippen LogP) is 4.99. The van der Waals surface area contributed by atoms with E-state index in [1.54, 1.807) is 12.1 Å². The lowest BCUT2D eigenvalue weighted by Crippen LogP contribution is -2.20. The van der Waals surface area contributed by atoms with Crippen LogP contribution in [0.1, 0.15) is 49.7 Å². The molecule has 0 amide bonds. The summed E-state index contributed by atoms with van der Waals surface area (Å²) in [6.07, 6.45) is 4.09. The highest BCUT2D eigenvalue weighted by Crippen LogP contribution is 2.34. The highest BCUT2D eigenvalue weighted by atomic mass is 19.3. The van der Waals surface area contributed by atoms with Gasteiger partial charge in [-0.25, -0.2) is 0 Å². The minimum absolute atomic E-state index is 0.407. The fourth-order valence-corrected chi connectivity index (χ4v) is 2.79. The van der Waals surface area contributed by atoms with Crippen molar-refractivity contribution in [2.24, 2.45) is 0 Å². The van der Waals surface area contributed by atoms with Gasteiger partial charge in [-0.05, 0) is 49.7 Å². The number of hydrogen-bond donors (Lipinski definition) is 0. The normalized spacial score (nSPS) is 23.1. The first-order valence-corrected chi connectivity index (χ1v) is 6.93. The van der Waals surface area contributed by atoms with Crippen molar-refractivity contribution in [3.8, 4) is 0 Å². The molecule has 1 aromatic rings. The van der Waals surface area contributed by atoms with E-state index in [-0.39, 0.29) is 0 Å². The largest absolute Gasteiger partial charge is 0.379 e. The minimum Gasteiger partial charge on any atom is -0.379 e. The Morgan fingerprint density at radius 2 is 1.79 bits per heavy atom. The van der Waals surface area contributed by atoms with E-state index in [2.05, 4.69) is 0 Å². The quantitative estimate of drug-likeness (QED) is 0.746. The second-order valence-electron chi connectivity index (χ2n) is 5.03. The third kappa shape index (κ3) is 4.13.